The molecule has 140 valence electrons. The highest BCUT2D eigenvalue weighted by Crippen LogP contribution is 2.04. The fourth-order valence-electron chi connectivity index (χ4n) is 2.01. The molecule has 0 saturated carbocycles. The standard InChI is InChI=1S/C18H38O4S/c1-3-5-6-7-8-9-10-19-11-12-20-13-14-21-15-16-22-17-18-23-4-2/h3-18H2,1-2H3. The lowest BCUT2D eigenvalue weighted by Crippen LogP contribution is -2.12. The Morgan fingerprint density at radius 2 is 1.00 bits per heavy atom. The highest BCUT2D eigenvalue weighted by Gasteiger charge is 1.94. The van der Waals surface area contributed by atoms with Crippen molar-refractivity contribution in [3.63, 3.8) is 0 Å². The lowest BCUT2D eigenvalue weighted by molar-refractivity contribution is -0.000594. The van der Waals surface area contributed by atoms with Gasteiger partial charge in [0, 0.05) is 12.4 Å². The van der Waals surface area contributed by atoms with Crippen molar-refractivity contribution in [2.45, 2.75) is 52.4 Å². The average Bonchev–Trinajstić information content (AvgIpc) is 2.57. The molecule has 0 aliphatic rings. The molecule has 0 unspecified atom stereocenters. The van der Waals surface area contributed by atoms with E-state index in [1.54, 1.807) is 0 Å². The van der Waals surface area contributed by atoms with E-state index in [0.29, 0.717) is 39.6 Å². The fourth-order valence-corrected chi connectivity index (χ4v) is 2.53. The van der Waals surface area contributed by atoms with Crippen LogP contribution in [-0.4, -0.2) is 64.4 Å². The summed E-state index contributed by atoms with van der Waals surface area (Å²) in [5, 5.41) is 0. The zero-order chi connectivity index (χ0) is 16.8. The molecular weight excluding hydrogens is 312 g/mol. The summed E-state index contributed by atoms with van der Waals surface area (Å²) in [6.07, 6.45) is 7.83. The fraction of sp³-hybridized carbons (Fsp3) is 1.00. The molecule has 0 spiro atoms. The van der Waals surface area contributed by atoms with Crippen LogP contribution in [0.3, 0.4) is 0 Å². The first-order chi connectivity index (χ1) is 11.4. The number of hydrogen-bond acceptors (Lipinski definition) is 5. The van der Waals surface area contributed by atoms with Gasteiger partial charge in [0.25, 0.3) is 0 Å². The summed E-state index contributed by atoms with van der Waals surface area (Å²) in [6.45, 7) is 10.0. The molecule has 0 aromatic heterocycles. The second kappa shape index (κ2) is 22.2. The summed E-state index contributed by atoms with van der Waals surface area (Å²) in [5.74, 6) is 2.22. The van der Waals surface area contributed by atoms with Gasteiger partial charge in [-0.05, 0) is 12.2 Å². The number of ether oxygens (including phenoxy) is 4. The molecule has 0 heterocycles. The van der Waals surface area contributed by atoms with Gasteiger partial charge in [-0.25, -0.2) is 0 Å². The van der Waals surface area contributed by atoms with Crippen molar-refractivity contribution < 1.29 is 18.9 Å². The molecule has 0 N–H and O–H groups in total. The zero-order valence-electron chi connectivity index (χ0n) is 15.4. The Morgan fingerprint density at radius 1 is 0.522 bits per heavy atom. The van der Waals surface area contributed by atoms with Crippen molar-refractivity contribution in [1.82, 2.24) is 0 Å². The molecule has 0 radical (unpaired) electrons. The molecule has 0 atom stereocenters. The third kappa shape index (κ3) is 22.2. The van der Waals surface area contributed by atoms with Crippen LogP contribution < -0.4 is 0 Å². The molecule has 0 aliphatic heterocycles. The molecular formula is C18H38O4S. The molecule has 0 amide bonds. The van der Waals surface area contributed by atoms with Crippen LogP contribution in [0, 0.1) is 0 Å². The van der Waals surface area contributed by atoms with Gasteiger partial charge in [-0.2, -0.15) is 11.8 Å². The third-order valence-corrected chi connectivity index (χ3v) is 4.20. The quantitative estimate of drug-likeness (QED) is 0.308. The van der Waals surface area contributed by atoms with Gasteiger partial charge in [-0.15, -0.1) is 0 Å². The van der Waals surface area contributed by atoms with E-state index in [2.05, 4.69) is 13.8 Å². The third-order valence-electron chi connectivity index (χ3n) is 3.33. The summed E-state index contributed by atoms with van der Waals surface area (Å²) in [4.78, 5) is 0. The Morgan fingerprint density at radius 3 is 1.57 bits per heavy atom. The van der Waals surface area contributed by atoms with Gasteiger partial charge < -0.3 is 18.9 Å². The highest BCUT2D eigenvalue weighted by atomic mass is 32.2. The minimum absolute atomic E-state index is 0.629. The molecule has 0 fully saturated rings. The predicted molar refractivity (Wildman–Crippen MR) is 99.7 cm³/mol. The molecule has 0 bridgehead atoms. The van der Waals surface area contributed by atoms with E-state index >= 15 is 0 Å². The summed E-state index contributed by atoms with van der Waals surface area (Å²) in [6, 6.07) is 0. The zero-order valence-corrected chi connectivity index (χ0v) is 16.2. The first kappa shape index (κ1) is 23.2. The number of unbranched alkanes of at least 4 members (excludes halogenated alkanes) is 5. The maximum atomic E-state index is 5.54. The van der Waals surface area contributed by atoms with Crippen molar-refractivity contribution >= 4 is 11.8 Å². The lowest BCUT2D eigenvalue weighted by Gasteiger charge is -2.07. The minimum atomic E-state index is 0.629. The first-order valence-electron chi connectivity index (χ1n) is 9.30. The Labute approximate surface area is 148 Å². The van der Waals surface area contributed by atoms with Crippen LogP contribution >= 0.6 is 11.8 Å². The van der Waals surface area contributed by atoms with E-state index in [1.165, 1.54) is 38.5 Å². The van der Waals surface area contributed by atoms with E-state index in [1.807, 2.05) is 11.8 Å². The molecule has 0 aromatic rings. The summed E-state index contributed by atoms with van der Waals surface area (Å²) >= 11 is 1.90. The van der Waals surface area contributed by atoms with Crippen molar-refractivity contribution in [2.75, 3.05) is 64.4 Å². The van der Waals surface area contributed by atoms with Crippen molar-refractivity contribution in [3.8, 4) is 0 Å². The van der Waals surface area contributed by atoms with Gasteiger partial charge in [0.05, 0.1) is 46.2 Å². The van der Waals surface area contributed by atoms with Crippen molar-refractivity contribution in [3.05, 3.63) is 0 Å². The largest absolute Gasteiger partial charge is 0.379 e. The van der Waals surface area contributed by atoms with Gasteiger partial charge in [-0.1, -0.05) is 46.0 Å². The Balaban J connectivity index is 2.92. The number of hydrogen-bond donors (Lipinski definition) is 0. The van der Waals surface area contributed by atoms with E-state index < -0.39 is 0 Å². The van der Waals surface area contributed by atoms with E-state index in [4.69, 9.17) is 18.9 Å². The van der Waals surface area contributed by atoms with Crippen LogP contribution in [0.15, 0.2) is 0 Å². The van der Waals surface area contributed by atoms with Gasteiger partial charge in [0.15, 0.2) is 0 Å². The number of thioether (sulfide) groups is 1. The second-order valence-corrected chi connectivity index (χ2v) is 6.81. The molecule has 5 heteroatoms. The molecule has 0 saturated heterocycles. The predicted octanol–water partition coefficient (Wildman–Crippen LogP) is 4.17. The summed E-state index contributed by atoms with van der Waals surface area (Å²) in [7, 11) is 0. The normalized spacial score (nSPS) is 11.2. The molecule has 23 heavy (non-hydrogen) atoms. The summed E-state index contributed by atoms with van der Waals surface area (Å²) < 4.78 is 21.9. The van der Waals surface area contributed by atoms with Crippen LogP contribution in [0.1, 0.15) is 52.4 Å². The first-order valence-corrected chi connectivity index (χ1v) is 10.5. The maximum Gasteiger partial charge on any atom is 0.0701 e. The SMILES string of the molecule is CCCCCCCCOCCOCCOCCOCCSCC. The van der Waals surface area contributed by atoms with Gasteiger partial charge in [0.2, 0.25) is 0 Å². The molecule has 4 nitrogen and oxygen atoms in total. The van der Waals surface area contributed by atoms with E-state index in [9.17, 15) is 0 Å². The van der Waals surface area contributed by atoms with Crippen LogP contribution in [0.25, 0.3) is 0 Å². The topological polar surface area (TPSA) is 36.9 Å². The lowest BCUT2D eigenvalue weighted by atomic mass is 10.1. The van der Waals surface area contributed by atoms with E-state index in [-0.39, 0.29) is 0 Å². The monoisotopic (exact) mass is 350 g/mol. The molecule has 0 aliphatic carbocycles. The van der Waals surface area contributed by atoms with Gasteiger partial charge in [0.1, 0.15) is 0 Å². The maximum absolute atomic E-state index is 5.54. The van der Waals surface area contributed by atoms with E-state index in [0.717, 1.165) is 24.7 Å². The Hall–Kier alpha value is 0.190. The van der Waals surface area contributed by atoms with Gasteiger partial charge >= 0.3 is 0 Å². The van der Waals surface area contributed by atoms with Crippen molar-refractivity contribution in [1.29, 1.82) is 0 Å². The van der Waals surface area contributed by atoms with Crippen LogP contribution in [-0.2, 0) is 18.9 Å². The van der Waals surface area contributed by atoms with Crippen LogP contribution in [0.5, 0.6) is 0 Å². The Bertz CT molecular complexity index is 185. The second-order valence-electron chi connectivity index (χ2n) is 5.41. The number of rotatable bonds is 20. The highest BCUT2D eigenvalue weighted by molar-refractivity contribution is 7.99. The van der Waals surface area contributed by atoms with Crippen LogP contribution in [0.4, 0.5) is 0 Å². The van der Waals surface area contributed by atoms with Gasteiger partial charge in [-0.3, -0.25) is 0 Å². The minimum Gasteiger partial charge on any atom is -0.379 e. The average molecular weight is 351 g/mol. The summed E-state index contributed by atoms with van der Waals surface area (Å²) in [5.41, 5.74) is 0. The van der Waals surface area contributed by atoms with Crippen molar-refractivity contribution in [2.24, 2.45) is 0 Å². The molecule has 0 rings (SSSR count). The van der Waals surface area contributed by atoms with Crippen LogP contribution in [0.2, 0.25) is 0 Å². The smallest absolute Gasteiger partial charge is 0.0701 e. The Kier molecular flexibility index (Phi) is 22.4. The molecule has 0 aromatic carbocycles.